The first kappa shape index (κ1) is 17.0. The second-order valence-electron chi connectivity index (χ2n) is 5.59. The van der Waals surface area contributed by atoms with Crippen LogP contribution in [-0.2, 0) is 9.59 Å². The van der Waals surface area contributed by atoms with Crippen LogP contribution < -0.4 is 15.4 Å². The van der Waals surface area contributed by atoms with Crippen LogP contribution in [0.5, 0.6) is 5.75 Å². The monoisotopic (exact) mass is 292 g/mol. The average molecular weight is 292 g/mol. The number of carbonyl (C=O) groups is 2. The molecule has 0 unspecified atom stereocenters. The summed E-state index contributed by atoms with van der Waals surface area (Å²) in [6, 6.07) is 7.18. The molecule has 2 N–H and O–H groups in total. The van der Waals surface area contributed by atoms with Crippen molar-refractivity contribution in [2.45, 2.75) is 40.2 Å². The van der Waals surface area contributed by atoms with Crippen LogP contribution in [-0.4, -0.2) is 24.5 Å². The molecule has 0 aliphatic rings. The molecule has 0 spiro atoms. The Kier molecular flexibility index (Phi) is 6.72. The highest BCUT2D eigenvalue weighted by Crippen LogP contribution is 2.24. The number of hydrogen-bond donors (Lipinski definition) is 2. The van der Waals surface area contributed by atoms with Crippen molar-refractivity contribution in [1.29, 1.82) is 0 Å². The molecule has 0 aliphatic heterocycles. The Morgan fingerprint density at radius 2 is 1.76 bits per heavy atom. The van der Waals surface area contributed by atoms with Crippen molar-refractivity contribution < 1.29 is 14.3 Å². The summed E-state index contributed by atoms with van der Waals surface area (Å²) in [6.07, 6.45) is -0.180. The summed E-state index contributed by atoms with van der Waals surface area (Å²) in [4.78, 5) is 23.5. The van der Waals surface area contributed by atoms with Gasteiger partial charge >= 0.3 is 0 Å². The van der Waals surface area contributed by atoms with Crippen LogP contribution in [0, 0.1) is 5.92 Å². The standard InChI is InChI=1S/C16H24N2O3/c1-11(2)10-17-15(19)9-16(20)18-13-7-5-6-8-14(13)21-12(3)4/h5-8,11-12H,9-10H2,1-4H3,(H,17,19)(H,18,20). The molecule has 0 bridgehead atoms. The molecule has 1 rings (SSSR count). The number of carbonyl (C=O) groups excluding carboxylic acids is 2. The van der Waals surface area contributed by atoms with E-state index in [1.165, 1.54) is 0 Å². The molecule has 0 saturated heterocycles. The van der Waals surface area contributed by atoms with Gasteiger partial charge in [-0.05, 0) is 31.9 Å². The number of rotatable bonds is 7. The lowest BCUT2D eigenvalue weighted by Crippen LogP contribution is -2.30. The maximum atomic E-state index is 11.9. The van der Waals surface area contributed by atoms with Gasteiger partial charge < -0.3 is 15.4 Å². The molecule has 0 aromatic heterocycles. The number of benzene rings is 1. The molecule has 0 aliphatic carbocycles. The predicted molar refractivity (Wildman–Crippen MR) is 83.3 cm³/mol. The molecule has 0 saturated carbocycles. The Bertz CT molecular complexity index is 484. The number of para-hydroxylation sites is 2. The number of ether oxygens (including phenoxy) is 1. The quantitative estimate of drug-likeness (QED) is 0.759. The Morgan fingerprint density at radius 3 is 2.38 bits per heavy atom. The average Bonchev–Trinajstić information content (AvgIpc) is 2.38. The van der Waals surface area contributed by atoms with Crippen molar-refractivity contribution in [1.82, 2.24) is 5.32 Å². The van der Waals surface area contributed by atoms with Gasteiger partial charge in [-0.1, -0.05) is 26.0 Å². The van der Waals surface area contributed by atoms with Crippen LogP contribution in [0.25, 0.3) is 0 Å². The van der Waals surface area contributed by atoms with Crippen LogP contribution in [0.15, 0.2) is 24.3 Å². The van der Waals surface area contributed by atoms with Crippen LogP contribution in [0.4, 0.5) is 5.69 Å². The third-order valence-corrected chi connectivity index (χ3v) is 2.55. The molecule has 0 atom stereocenters. The number of amides is 2. The number of nitrogens with one attached hydrogen (secondary N) is 2. The van der Waals surface area contributed by atoms with Gasteiger partial charge in [0.15, 0.2) is 0 Å². The largest absolute Gasteiger partial charge is 0.489 e. The van der Waals surface area contributed by atoms with Crippen LogP contribution in [0.2, 0.25) is 0 Å². The molecule has 0 radical (unpaired) electrons. The summed E-state index contributed by atoms with van der Waals surface area (Å²) < 4.78 is 5.61. The first-order valence-corrected chi connectivity index (χ1v) is 7.20. The van der Waals surface area contributed by atoms with E-state index in [-0.39, 0.29) is 24.3 Å². The zero-order valence-electron chi connectivity index (χ0n) is 13.1. The molecule has 1 aromatic rings. The van der Waals surface area contributed by atoms with E-state index in [4.69, 9.17) is 4.74 Å². The fourth-order valence-corrected chi connectivity index (χ4v) is 1.65. The normalized spacial score (nSPS) is 10.6. The van der Waals surface area contributed by atoms with E-state index < -0.39 is 0 Å². The highest BCUT2D eigenvalue weighted by Gasteiger charge is 2.12. The SMILES string of the molecule is CC(C)CNC(=O)CC(=O)Nc1ccccc1OC(C)C. The third kappa shape index (κ3) is 6.79. The molecule has 0 fully saturated rings. The van der Waals surface area contributed by atoms with Gasteiger partial charge in [0.05, 0.1) is 11.8 Å². The zero-order valence-corrected chi connectivity index (χ0v) is 13.1. The Hall–Kier alpha value is -2.04. The van der Waals surface area contributed by atoms with Crippen LogP contribution in [0.1, 0.15) is 34.1 Å². The second kappa shape index (κ2) is 8.29. The highest BCUT2D eigenvalue weighted by atomic mass is 16.5. The molecular formula is C16H24N2O3. The summed E-state index contributed by atoms with van der Waals surface area (Å²) in [5.74, 6) is 0.333. The first-order valence-electron chi connectivity index (χ1n) is 7.20. The van der Waals surface area contributed by atoms with Gasteiger partial charge in [-0.3, -0.25) is 9.59 Å². The van der Waals surface area contributed by atoms with Crippen LogP contribution >= 0.6 is 0 Å². The Balaban J connectivity index is 2.56. The van der Waals surface area contributed by atoms with E-state index in [0.717, 1.165) is 0 Å². The zero-order chi connectivity index (χ0) is 15.8. The molecule has 116 valence electrons. The number of anilines is 1. The van der Waals surface area contributed by atoms with E-state index in [2.05, 4.69) is 10.6 Å². The summed E-state index contributed by atoms with van der Waals surface area (Å²) in [7, 11) is 0. The molecule has 1 aromatic carbocycles. The Morgan fingerprint density at radius 1 is 1.10 bits per heavy atom. The minimum atomic E-state index is -0.351. The minimum absolute atomic E-state index is 0.0115. The fraction of sp³-hybridized carbons (Fsp3) is 0.500. The molecule has 2 amide bonds. The van der Waals surface area contributed by atoms with E-state index in [1.54, 1.807) is 12.1 Å². The summed E-state index contributed by atoms with van der Waals surface area (Å²) in [5, 5.41) is 5.42. The molecule has 0 heterocycles. The van der Waals surface area contributed by atoms with Gasteiger partial charge in [0.1, 0.15) is 12.2 Å². The highest BCUT2D eigenvalue weighted by molar-refractivity contribution is 6.04. The second-order valence-corrected chi connectivity index (χ2v) is 5.59. The van der Waals surface area contributed by atoms with Crippen molar-refractivity contribution in [2.75, 3.05) is 11.9 Å². The summed E-state index contributed by atoms with van der Waals surface area (Å²) in [5.41, 5.74) is 0.577. The smallest absolute Gasteiger partial charge is 0.233 e. The van der Waals surface area contributed by atoms with Gasteiger partial charge in [-0.25, -0.2) is 0 Å². The fourth-order valence-electron chi connectivity index (χ4n) is 1.65. The third-order valence-electron chi connectivity index (χ3n) is 2.55. The lowest BCUT2D eigenvalue weighted by Gasteiger charge is -2.14. The topological polar surface area (TPSA) is 67.4 Å². The summed E-state index contributed by atoms with van der Waals surface area (Å²) in [6.45, 7) is 8.40. The molecular weight excluding hydrogens is 268 g/mol. The first-order chi connectivity index (χ1) is 9.88. The molecule has 5 nitrogen and oxygen atoms in total. The predicted octanol–water partition coefficient (Wildman–Crippen LogP) is 2.57. The summed E-state index contributed by atoms with van der Waals surface area (Å²) >= 11 is 0. The van der Waals surface area contributed by atoms with Gasteiger partial charge in [0.2, 0.25) is 11.8 Å². The van der Waals surface area contributed by atoms with E-state index >= 15 is 0 Å². The van der Waals surface area contributed by atoms with Crippen LogP contribution in [0.3, 0.4) is 0 Å². The Labute approximate surface area is 126 Å². The molecule has 5 heteroatoms. The van der Waals surface area contributed by atoms with Crippen molar-refractivity contribution in [2.24, 2.45) is 5.92 Å². The maximum Gasteiger partial charge on any atom is 0.233 e. The van der Waals surface area contributed by atoms with Crippen molar-refractivity contribution >= 4 is 17.5 Å². The van der Waals surface area contributed by atoms with Gasteiger partial charge in [-0.2, -0.15) is 0 Å². The minimum Gasteiger partial charge on any atom is -0.489 e. The van der Waals surface area contributed by atoms with Crippen molar-refractivity contribution in [3.05, 3.63) is 24.3 Å². The van der Waals surface area contributed by atoms with Gasteiger partial charge in [-0.15, -0.1) is 0 Å². The maximum absolute atomic E-state index is 11.9. The number of hydrogen-bond acceptors (Lipinski definition) is 3. The molecule has 21 heavy (non-hydrogen) atoms. The van der Waals surface area contributed by atoms with E-state index in [0.29, 0.717) is 23.9 Å². The lowest BCUT2D eigenvalue weighted by atomic mass is 10.2. The lowest BCUT2D eigenvalue weighted by molar-refractivity contribution is -0.126. The van der Waals surface area contributed by atoms with Crippen molar-refractivity contribution in [3.63, 3.8) is 0 Å². The van der Waals surface area contributed by atoms with Crippen molar-refractivity contribution in [3.8, 4) is 5.75 Å². The van der Waals surface area contributed by atoms with Gasteiger partial charge in [0, 0.05) is 6.54 Å². The van der Waals surface area contributed by atoms with E-state index in [9.17, 15) is 9.59 Å². The van der Waals surface area contributed by atoms with Gasteiger partial charge in [0.25, 0.3) is 0 Å². The van der Waals surface area contributed by atoms with E-state index in [1.807, 2.05) is 39.8 Å².